The number of aromatic hydroxyl groups is 1. The summed E-state index contributed by atoms with van der Waals surface area (Å²) >= 11 is 0. The fourth-order valence-corrected chi connectivity index (χ4v) is 4.59. The highest BCUT2D eigenvalue weighted by atomic mass is 16.3. The minimum absolute atomic E-state index is 0.253. The van der Waals surface area contributed by atoms with Gasteiger partial charge >= 0.3 is 0 Å². The molecule has 0 aliphatic rings. The Balaban J connectivity index is 1.79. The first-order valence-corrected chi connectivity index (χ1v) is 10.9. The number of rotatable bonds is 5. The highest BCUT2D eigenvalue weighted by Crippen LogP contribution is 2.41. The number of phenols is 1. The van der Waals surface area contributed by atoms with E-state index >= 15 is 0 Å². The first-order chi connectivity index (χ1) is 14.8. The SMILES string of the molecule is Cc1ccc(C(C)(C)c2ccc(C(C)(c3ccccc3)c3ccccc3)cc2)c(O)c1. The van der Waals surface area contributed by atoms with E-state index in [0.29, 0.717) is 5.75 Å². The van der Waals surface area contributed by atoms with Crippen LogP contribution >= 0.6 is 0 Å². The van der Waals surface area contributed by atoms with E-state index in [1.807, 2.05) is 19.1 Å². The smallest absolute Gasteiger partial charge is 0.119 e. The van der Waals surface area contributed by atoms with E-state index in [1.54, 1.807) is 0 Å². The molecule has 0 amide bonds. The summed E-state index contributed by atoms with van der Waals surface area (Å²) in [6, 6.07) is 36.2. The van der Waals surface area contributed by atoms with E-state index in [-0.39, 0.29) is 10.8 Å². The number of phenolic OH excluding ortho intramolecular Hbond substituents is 1. The predicted octanol–water partition coefficient (Wildman–Crippen LogP) is 7.38. The second-order valence-electron chi connectivity index (χ2n) is 9.08. The summed E-state index contributed by atoms with van der Waals surface area (Å²) in [6.07, 6.45) is 0. The zero-order valence-corrected chi connectivity index (χ0v) is 18.8. The molecule has 0 spiro atoms. The van der Waals surface area contributed by atoms with Crippen molar-refractivity contribution in [2.45, 2.75) is 38.5 Å². The second-order valence-corrected chi connectivity index (χ2v) is 9.08. The average molecular weight is 407 g/mol. The third-order valence-electron chi connectivity index (χ3n) is 6.71. The molecule has 0 saturated heterocycles. The second kappa shape index (κ2) is 8.07. The minimum atomic E-state index is -0.299. The van der Waals surface area contributed by atoms with Crippen molar-refractivity contribution in [3.8, 4) is 5.75 Å². The zero-order chi connectivity index (χ0) is 22.1. The van der Waals surface area contributed by atoms with Gasteiger partial charge in [0.2, 0.25) is 0 Å². The van der Waals surface area contributed by atoms with Gasteiger partial charge in [0.1, 0.15) is 5.75 Å². The van der Waals surface area contributed by atoms with Crippen molar-refractivity contribution in [3.05, 3.63) is 137 Å². The highest BCUT2D eigenvalue weighted by molar-refractivity contribution is 5.52. The zero-order valence-electron chi connectivity index (χ0n) is 18.8. The maximum Gasteiger partial charge on any atom is 0.119 e. The van der Waals surface area contributed by atoms with Crippen LogP contribution in [0.25, 0.3) is 0 Å². The van der Waals surface area contributed by atoms with Crippen LogP contribution in [-0.2, 0) is 10.8 Å². The van der Waals surface area contributed by atoms with Crippen molar-refractivity contribution >= 4 is 0 Å². The molecule has 1 nitrogen and oxygen atoms in total. The Hall–Kier alpha value is -3.32. The molecule has 0 aliphatic heterocycles. The van der Waals surface area contributed by atoms with Gasteiger partial charge in [-0.1, -0.05) is 111 Å². The van der Waals surface area contributed by atoms with Crippen molar-refractivity contribution in [2.75, 3.05) is 0 Å². The van der Waals surface area contributed by atoms with E-state index in [9.17, 15) is 5.11 Å². The molecule has 0 heterocycles. The fraction of sp³-hybridized carbons (Fsp3) is 0.200. The van der Waals surface area contributed by atoms with E-state index < -0.39 is 0 Å². The van der Waals surface area contributed by atoms with Crippen LogP contribution in [0.3, 0.4) is 0 Å². The van der Waals surface area contributed by atoms with Gasteiger partial charge in [0.25, 0.3) is 0 Å². The molecule has 1 heteroatoms. The van der Waals surface area contributed by atoms with Gasteiger partial charge in [-0.3, -0.25) is 0 Å². The predicted molar refractivity (Wildman–Crippen MR) is 130 cm³/mol. The van der Waals surface area contributed by atoms with Crippen molar-refractivity contribution in [3.63, 3.8) is 0 Å². The average Bonchev–Trinajstić information content (AvgIpc) is 2.79. The summed E-state index contributed by atoms with van der Waals surface area (Å²) in [6.45, 7) is 8.63. The fourth-order valence-electron chi connectivity index (χ4n) is 4.59. The van der Waals surface area contributed by atoms with Gasteiger partial charge in [-0.05, 0) is 47.7 Å². The van der Waals surface area contributed by atoms with E-state index in [1.165, 1.54) is 22.3 Å². The summed E-state index contributed by atoms with van der Waals surface area (Å²) in [5.41, 5.74) is 6.42. The van der Waals surface area contributed by atoms with E-state index in [2.05, 4.69) is 112 Å². The third-order valence-corrected chi connectivity index (χ3v) is 6.71. The lowest BCUT2D eigenvalue weighted by molar-refractivity contribution is 0.452. The van der Waals surface area contributed by atoms with Gasteiger partial charge in [0.15, 0.2) is 0 Å². The van der Waals surface area contributed by atoms with Gasteiger partial charge in [0.05, 0.1) is 0 Å². The van der Waals surface area contributed by atoms with Crippen molar-refractivity contribution in [1.82, 2.24) is 0 Å². The number of benzene rings is 4. The maximum absolute atomic E-state index is 10.6. The molecular formula is C30H30O. The van der Waals surface area contributed by atoms with Crippen LogP contribution in [0.2, 0.25) is 0 Å². The lowest BCUT2D eigenvalue weighted by Crippen LogP contribution is -2.26. The molecule has 0 radical (unpaired) electrons. The lowest BCUT2D eigenvalue weighted by Gasteiger charge is -2.33. The summed E-state index contributed by atoms with van der Waals surface area (Å²) < 4.78 is 0. The quantitative estimate of drug-likeness (QED) is 0.343. The van der Waals surface area contributed by atoms with Crippen LogP contribution < -0.4 is 0 Å². The Bertz CT molecular complexity index is 1120. The van der Waals surface area contributed by atoms with Crippen LogP contribution in [0.1, 0.15) is 54.2 Å². The molecule has 1 N–H and O–H groups in total. The Morgan fingerprint density at radius 1 is 0.548 bits per heavy atom. The molecule has 0 unspecified atom stereocenters. The molecule has 4 aromatic rings. The Morgan fingerprint density at radius 2 is 1.00 bits per heavy atom. The maximum atomic E-state index is 10.6. The molecule has 0 saturated carbocycles. The first-order valence-electron chi connectivity index (χ1n) is 10.9. The molecule has 0 bridgehead atoms. The first kappa shape index (κ1) is 20.9. The molecular weight excluding hydrogens is 376 g/mol. The monoisotopic (exact) mass is 406 g/mol. The van der Waals surface area contributed by atoms with Crippen molar-refractivity contribution < 1.29 is 5.11 Å². The Kier molecular flexibility index (Phi) is 5.45. The topological polar surface area (TPSA) is 20.2 Å². The van der Waals surface area contributed by atoms with Crippen LogP contribution in [0.15, 0.2) is 103 Å². The van der Waals surface area contributed by atoms with Crippen LogP contribution in [0.4, 0.5) is 0 Å². The number of aryl methyl sites for hydroxylation is 1. The molecule has 0 atom stereocenters. The Labute approximate surface area is 186 Å². The van der Waals surface area contributed by atoms with Gasteiger partial charge < -0.3 is 5.11 Å². The highest BCUT2D eigenvalue weighted by Gasteiger charge is 2.32. The van der Waals surface area contributed by atoms with Crippen molar-refractivity contribution in [1.29, 1.82) is 0 Å². The standard InChI is InChI=1S/C30H30O/c1-22-15-20-27(28(31)21-22)29(2,3)23-16-18-26(19-17-23)30(4,24-11-7-5-8-12-24)25-13-9-6-10-14-25/h5-21,31H,1-4H3. The van der Waals surface area contributed by atoms with Gasteiger partial charge in [-0.15, -0.1) is 0 Å². The van der Waals surface area contributed by atoms with E-state index in [4.69, 9.17) is 0 Å². The largest absolute Gasteiger partial charge is 0.508 e. The van der Waals surface area contributed by atoms with Crippen LogP contribution in [0, 0.1) is 6.92 Å². The van der Waals surface area contributed by atoms with E-state index in [0.717, 1.165) is 11.1 Å². The van der Waals surface area contributed by atoms with Crippen LogP contribution in [-0.4, -0.2) is 5.11 Å². The molecule has 4 aromatic carbocycles. The summed E-state index contributed by atoms with van der Waals surface area (Å²) in [5.74, 6) is 0.354. The molecule has 0 aliphatic carbocycles. The van der Waals surface area contributed by atoms with Gasteiger partial charge in [-0.25, -0.2) is 0 Å². The summed E-state index contributed by atoms with van der Waals surface area (Å²) in [7, 11) is 0. The summed E-state index contributed by atoms with van der Waals surface area (Å²) in [5, 5.41) is 10.6. The minimum Gasteiger partial charge on any atom is -0.508 e. The molecule has 0 aromatic heterocycles. The molecule has 4 rings (SSSR count). The molecule has 31 heavy (non-hydrogen) atoms. The lowest BCUT2D eigenvalue weighted by atomic mass is 9.70. The van der Waals surface area contributed by atoms with Gasteiger partial charge in [-0.2, -0.15) is 0 Å². The van der Waals surface area contributed by atoms with Crippen LogP contribution in [0.5, 0.6) is 5.75 Å². The number of hydrogen-bond acceptors (Lipinski definition) is 1. The Morgan fingerprint density at radius 3 is 1.48 bits per heavy atom. The molecule has 156 valence electrons. The third kappa shape index (κ3) is 3.77. The van der Waals surface area contributed by atoms with Crippen molar-refractivity contribution in [2.24, 2.45) is 0 Å². The molecule has 0 fully saturated rings. The normalized spacial score (nSPS) is 12.0. The summed E-state index contributed by atoms with van der Waals surface area (Å²) in [4.78, 5) is 0. The van der Waals surface area contributed by atoms with Gasteiger partial charge in [0, 0.05) is 16.4 Å². The number of hydrogen-bond donors (Lipinski definition) is 1.